The van der Waals surface area contributed by atoms with Gasteiger partial charge in [-0.3, -0.25) is 4.79 Å². The van der Waals surface area contributed by atoms with Gasteiger partial charge in [0.25, 0.3) is 5.56 Å². The second-order valence-corrected chi connectivity index (χ2v) is 7.79. The summed E-state index contributed by atoms with van der Waals surface area (Å²) in [5.74, 6) is -2.03. The number of allylic oxidation sites excluding steroid dienone is 1. The van der Waals surface area contributed by atoms with Crippen LogP contribution in [0.3, 0.4) is 0 Å². The average Bonchev–Trinajstić information content (AvgIpc) is 2.81. The molecule has 11 heteroatoms. The number of esters is 1. The Morgan fingerprint density at radius 1 is 1.12 bits per heavy atom. The number of carbonyl (C=O) groups is 3. The van der Waals surface area contributed by atoms with E-state index in [9.17, 15) is 24.3 Å². The number of fused-ring (bicyclic) bond motifs is 1. The first-order valence-corrected chi connectivity index (χ1v) is 10.6. The Kier molecular flexibility index (Phi) is 6.33. The van der Waals surface area contributed by atoms with E-state index in [1.807, 2.05) is 0 Å². The molecule has 0 aliphatic carbocycles. The summed E-state index contributed by atoms with van der Waals surface area (Å²) >= 11 is 5.97. The van der Waals surface area contributed by atoms with Crippen molar-refractivity contribution in [3.8, 4) is 0 Å². The molecule has 3 aromatic rings. The SMILES string of the molecule is CCOC(=O)C1=C(Cn2nc(C(=O)O)c3ccccc3c2=O)NC(=O)N[C@H]1c1ccc(Cl)cc1. The molecule has 3 N–H and O–H groups in total. The van der Waals surface area contributed by atoms with Gasteiger partial charge < -0.3 is 20.5 Å². The van der Waals surface area contributed by atoms with E-state index in [2.05, 4.69) is 15.7 Å². The smallest absolute Gasteiger partial charge is 0.357 e. The van der Waals surface area contributed by atoms with Crippen molar-refractivity contribution in [1.82, 2.24) is 20.4 Å². The maximum atomic E-state index is 13.1. The standard InChI is InChI=1S/C23H19ClN4O6/c1-2-34-22(32)17-16(25-23(33)26-18(17)12-7-9-13(24)10-8-12)11-28-20(29)15-6-4-3-5-14(15)19(27-28)21(30)31/h3-10,18H,2,11H2,1H3,(H,30,31)(H2,25,26,33)/t18-/m0/s1. The van der Waals surface area contributed by atoms with E-state index in [1.54, 1.807) is 43.3 Å². The number of urea groups is 1. The summed E-state index contributed by atoms with van der Waals surface area (Å²) in [6, 6.07) is 11.2. The topological polar surface area (TPSA) is 140 Å². The number of aromatic nitrogens is 2. The first kappa shape index (κ1) is 23.0. The summed E-state index contributed by atoms with van der Waals surface area (Å²) < 4.78 is 6.11. The molecule has 1 aliphatic heterocycles. The van der Waals surface area contributed by atoms with Crippen LogP contribution in [-0.2, 0) is 16.1 Å². The molecule has 1 aromatic heterocycles. The number of nitrogens with zero attached hydrogens (tertiary/aromatic N) is 2. The average molecular weight is 483 g/mol. The molecule has 0 bridgehead atoms. The van der Waals surface area contributed by atoms with Crippen molar-refractivity contribution >= 4 is 40.3 Å². The summed E-state index contributed by atoms with van der Waals surface area (Å²) in [6.45, 7) is 1.35. The largest absolute Gasteiger partial charge is 0.476 e. The summed E-state index contributed by atoms with van der Waals surface area (Å²) in [6.07, 6.45) is 0. The Balaban J connectivity index is 1.89. The molecule has 0 radical (unpaired) electrons. The lowest BCUT2D eigenvalue weighted by atomic mass is 9.95. The van der Waals surface area contributed by atoms with Gasteiger partial charge in [0.2, 0.25) is 0 Å². The molecule has 0 fully saturated rings. The van der Waals surface area contributed by atoms with Gasteiger partial charge in [0.1, 0.15) is 0 Å². The molecule has 0 spiro atoms. The number of carboxylic acid groups (broad SMARTS) is 1. The van der Waals surface area contributed by atoms with Crippen LogP contribution in [0.2, 0.25) is 5.02 Å². The number of amides is 2. The van der Waals surface area contributed by atoms with Gasteiger partial charge in [0.15, 0.2) is 5.69 Å². The first-order chi connectivity index (χ1) is 16.3. The molecule has 34 heavy (non-hydrogen) atoms. The summed E-state index contributed by atoms with van der Waals surface area (Å²) in [4.78, 5) is 50.3. The lowest BCUT2D eigenvalue weighted by molar-refractivity contribution is -0.139. The quantitative estimate of drug-likeness (QED) is 0.459. The van der Waals surface area contributed by atoms with Gasteiger partial charge in [-0.15, -0.1) is 0 Å². The third-order valence-electron chi connectivity index (χ3n) is 5.23. The zero-order chi connectivity index (χ0) is 24.4. The van der Waals surface area contributed by atoms with Crippen LogP contribution in [-0.4, -0.2) is 39.5 Å². The molecule has 2 aromatic carbocycles. The molecule has 0 saturated carbocycles. The number of carbonyl (C=O) groups excluding carboxylic acids is 2. The van der Waals surface area contributed by atoms with Crippen LogP contribution in [0.5, 0.6) is 0 Å². The number of benzene rings is 2. The lowest BCUT2D eigenvalue weighted by Gasteiger charge is -2.29. The Morgan fingerprint density at radius 3 is 2.44 bits per heavy atom. The summed E-state index contributed by atoms with van der Waals surface area (Å²) in [5.41, 5.74) is -0.231. The molecular formula is C23H19ClN4O6. The molecule has 0 saturated heterocycles. The molecule has 1 aliphatic rings. The van der Waals surface area contributed by atoms with Gasteiger partial charge >= 0.3 is 18.0 Å². The van der Waals surface area contributed by atoms with E-state index in [4.69, 9.17) is 16.3 Å². The number of halogens is 1. The molecule has 10 nitrogen and oxygen atoms in total. The van der Waals surface area contributed by atoms with Crippen molar-refractivity contribution in [1.29, 1.82) is 0 Å². The maximum Gasteiger partial charge on any atom is 0.357 e. The van der Waals surface area contributed by atoms with Gasteiger partial charge in [-0.1, -0.05) is 41.9 Å². The van der Waals surface area contributed by atoms with Gasteiger partial charge in [-0.2, -0.15) is 5.10 Å². The molecular weight excluding hydrogens is 464 g/mol. The third kappa shape index (κ3) is 4.35. The van der Waals surface area contributed by atoms with Crippen molar-refractivity contribution in [3.05, 3.63) is 86.4 Å². The van der Waals surface area contributed by atoms with Crippen molar-refractivity contribution < 1.29 is 24.2 Å². The van der Waals surface area contributed by atoms with Crippen LogP contribution in [0.1, 0.15) is 29.0 Å². The molecule has 2 heterocycles. The minimum atomic E-state index is -1.32. The second-order valence-electron chi connectivity index (χ2n) is 7.36. The Bertz CT molecular complexity index is 1400. The van der Waals surface area contributed by atoms with Crippen LogP contribution >= 0.6 is 11.6 Å². The van der Waals surface area contributed by atoms with Crippen LogP contribution in [0.4, 0.5) is 4.79 Å². The van der Waals surface area contributed by atoms with Gasteiger partial charge in [-0.05, 0) is 30.7 Å². The highest BCUT2D eigenvalue weighted by Crippen LogP contribution is 2.29. The third-order valence-corrected chi connectivity index (χ3v) is 5.48. The zero-order valence-electron chi connectivity index (χ0n) is 17.9. The fourth-order valence-corrected chi connectivity index (χ4v) is 3.87. The fraction of sp³-hybridized carbons (Fsp3) is 0.174. The molecule has 174 valence electrons. The van der Waals surface area contributed by atoms with Crippen molar-refractivity contribution in [2.24, 2.45) is 0 Å². The van der Waals surface area contributed by atoms with Crippen LogP contribution in [0.15, 0.2) is 64.6 Å². The Morgan fingerprint density at radius 2 is 1.79 bits per heavy atom. The van der Waals surface area contributed by atoms with Crippen LogP contribution < -0.4 is 16.2 Å². The molecule has 0 unspecified atom stereocenters. The highest BCUT2D eigenvalue weighted by atomic mass is 35.5. The van der Waals surface area contributed by atoms with E-state index in [-0.39, 0.29) is 40.9 Å². The highest BCUT2D eigenvalue weighted by molar-refractivity contribution is 6.30. The summed E-state index contributed by atoms with van der Waals surface area (Å²) in [5, 5.41) is 19.6. The fourth-order valence-electron chi connectivity index (χ4n) is 3.75. The predicted octanol–water partition coefficient (Wildman–Crippen LogP) is 2.62. The van der Waals surface area contributed by atoms with E-state index >= 15 is 0 Å². The van der Waals surface area contributed by atoms with E-state index in [1.165, 1.54) is 12.1 Å². The number of aromatic carboxylic acids is 1. The monoisotopic (exact) mass is 482 g/mol. The number of carboxylic acids is 1. The van der Waals surface area contributed by atoms with E-state index in [0.717, 1.165) is 4.68 Å². The first-order valence-electron chi connectivity index (χ1n) is 10.3. The second kappa shape index (κ2) is 9.36. The number of hydrogen-bond acceptors (Lipinski definition) is 6. The minimum absolute atomic E-state index is 0.0579. The van der Waals surface area contributed by atoms with E-state index in [0.29, 0.717) is 10.6 Å². The van der Waals surface area contributed by atoms with Crippen molar-refractivity contribution in [3.63, 3.8) is 0 Å². The predicted molar refractivity (Wildman–Crippen MR) is 122 cm³/mol. The van der Waals surface area contributed by atoms with Crippen molar-refractivity contribution in [2.45, 2.75) is 19.5 Å². The Hall–Kier alpha value is -4.18. The van der Waals surface area contributed by atoms with Crippen LogP contribution in [0.25, 0.3) is 10.8 Å². The summed E-state index contributed by atoms with van der Waals surface area (Å²) in [7, 11) is 0. The normalized spacial score (nSPS) is 15.6. The van der Waals surface area contributed by atoms with E-state index < -0.39 is 29.6 Å². The number of rotatable bonds is 6. The lowest BCUT2D eigenvalue weighted by Crippen LogP contribution is -2.47. The highest BCUT2D eigenvalue weighted by Gasteiger charge is 2.34. The Labute approximate surface area is 197 Å². The molecule has 1 atom stereocenters. The minimum Gasteiger partial charge on any atom is -0.476 e. The van der Waals surface area contributed by atoms with Crippen molar-refractivity contribution in [2.75, 3.05) is 6.61 Å². The van der Waals surface area contributed by atoms with Gasteiger partial charge in [0, 0.05) is 10.4 Å². The zero-order valence-corrected chi connectivity index (χ0v) is 18.6. The van der Waals surface area contributed by atoms with Gasteiger partial charge in [-0.25, -0.2) is 19.1 Å². The maximum absolute atomic E-state index is 13.1. The van der Waals surface area contributed by atoms with Crippen LogP contribution in [0, 0.1) is 0 Å². The number of nitrogens with one attached hydrogen (secondary N) is 2. The molecule has 4 rings (SSSR count). The number of ether oxygens (including phenoxy) is 1. The van der Waals surface area contributed by atoms with Gasteiger partial charge in [0.05, 0.1) is 35.8 Å². The molecule has 2 amide bonds. The number of hydrogen-bond donors (Lipinski definition) is 3.